The van der Waals surface area contributed by atoms with Gasteiger partial charge in [-0.05, 0) is 24.6 Å². The van der Waals surface area contributed by atoms with Gasteiger partial charge in [-0.2, -0.15) is 5.23 Å². The maximum Gasteiger partial charge on any atom is 0.405 e. The summed E-state index contributed by atoms with van der Waals surface area (Å²) in [6.45, 7) is 1.79. The Morgan fingerprint density at radius 1 is 1.44 bits per heavy atom. The van der Waals surface area contributed by atoms with Gasteiger partial charge in [0.2, 0.25) is 0 Å². The Labute approximate surface area is 89.5 Å². The molecule has 1 aromatic carbocycles. The van der Waals surface area contributed by atoms with Crippen LogP contribution in [0.4, 0.5) is 5.69 Å². The number of fused-ring (bicyclic) bond motifs is 1. The number of aryl methyl sites for hydroxylation is 1. The first-order valence-electron chi connectivity index (χ1n) is 4.50. The zero-order valence-corrected chi connectivity index (χ0v) is 8.35. The van der Waals surface area contributed by atoms with Crippen molar-refractivity contribution in [2.24, 2.45) is 0 Å². The van der Waals surface area contributed by atoms with Crippen LogP contribution in [-0.4, -0.2) is 10.3 Å². The molecule has 0 aliphatic rings. The first kappa shape index (κ1) is 10.6. The van der Waals surface area contributed by atoms with Crippen molar-refractivity contribution < 1.29 is 20.0 Å². The zero-order chi connectivity index (χ0) is 11.9. The number of nitrogens with one attached hydrogen (secondary N) is 1. The van der Waals surface area contributed by atoms with E-state index in [-0.39, 0.29) is 11.0 Å². The Morgan fingerprint density at radius 2 is 2.12 bits per heavy atom. The summed E-state index contributed by atoms with van der Waals surface area (Å²) in [6, 6.07) is 4.76. The lowest BCUT2D eigenvalue weighted by molar-refractivity contribution is -0.992. The molecule has 0 saturated carbocycles. The molecule has 0 saturated heterocycles. The smallest absolute Gasteiger partial charge is 0.405 e. The lowest BCUT2D eigenvalue weighted by Crippen LogP contribution is -3.00. The summed E-state index contributed by atoms with van der Waals surface area (Å²) in [5, 5.41) is 27.8. The Balaban J connectivity index is 2.89. The third kappa shape index (κ3) is 1.54. The normalized spacial score (nSPS) is 12.9. The summed E-state index contributed by atoms with van der Waals surface area (Å²) in [6.07, 6.45) is 0. The fourth-order valence-electron chi connectivity index (χ4n) is 1.48. The average molecular weight is 223 g/mol. The maximum absolute atomic E-state index is 11.3. The van der Waals surface area contributed by atoms with Crippen LogP contribution in [0.5, 0.6) is 5.75 Å². The quantitative estimate of drug-likeness (QED) is 0.474. The van der Waals surface area contributed by atoms with Crippen molar-refractivity contribution in [1.29, 1.82) is 0 Å². The van der Waals surface area contributed by atoms with Crippen LogP contribution in [-0.2, 0) is 0 Å². The predicted molar refractivity (Wildman–Crippen MR) is 54.7 cm³/mol. The largest absolute Gasteiger partial charge is 0.595 e. The molecule has 2 rings (SSSR count). The molecule has 6 heteroatoms. The molecule has 0 amide bonds. The minimum absolute atomic E-state index is 0.174. The van der Waals surface area contributed by atoms with Gasteiger partial charge in [0.25, 0.3) is 5.69 Å². The fourth-order valence-corrected chi connectivity index (χ4v) is 1.48. The molecule has 0 spiro atoms. The molecule has 0 aliphatic heterocycles. The Kier molecular flexibility index (Phi) is 2.39. The molecule has 0 bridgehead atoms. The molecule has 0 fully saturated rings. The van der Waals surface area contributed by atoms with Gasteiger partial charge in [0.05, 0.1) is 5.39 Å². The van der Waals surface area contributed by atoms with E-state index in [0.29, 0.717) is 0 Å². The van der Waals surface area contributed by atoms with E-state index in [9.17, 15) is 15.1 Å². The summed E-state index contributed by atoms with van der Waals surface area (Å²) in [5.41, 5.74) is -0.773. The van der Waals surface area contributed by atoms with Crippen LogP contribution >= 0.6 is 0 Å². The number of benzene rings is 1. The molecule has 0 radical (unpaired) electrons. The van der Waals surface area contributed by atoms with Crippen molar-refractivity contribution >= 4 is 16.7 Å². The van der Waals surface area contributed by atoms with E-state index in [1.807, 2.05) is 0 Å². The first-order chi connectivity index (χ1) is 7.50. The van der Waals surface area contributed by atoms with Gasteiger partial charge in [-0.15, -0.1) is 0 Å². The molecule has 1 unspecified atom stereocenters. The molecule has 84 valence electrons. The highest BCUT2D eigenvalue weighted by molar-refractivity contribution is 5.86. The Morgan fingerprint density at radius 3 is 2.75 bits per heavy atom. The summed E-state index contributed by atoms with van der Waals surface area (Å²) in [5.74, 6) is -0.557. The third-order valence-corrected chi connectivity index (χ3v) is 2.25. The highest BCUT2D eigenvalue weighted by atomic mass is 16.8. The van der Waals surface area contributed by atoms with Gasteiger partial charge in [-0.1, -0.05) is 6.07 Å². The van der Waals surface area contributed by atoms with Gasteiger partial charge in [0.1, 0.15) is 5.58 Å². The second kappa shape index (κ2) is 3.60. The topological polar surface area (TPSA) is 98.2 Å². The standard InChI is InChI=1S/C10H9NO5/c1-5-2-3-6-7(4-5)16-10(13)8(9(6)12)11(14)15/h2-4,11-12,14H,1H3. The number of hydrogen-bond acceptors (Lipinski definition) is 5. The van der Waals surface area contributed by atoms with Gasteiger partial charge in [-0.3, -0.25) is 0 Å². The minimum Gasteiger partial charge on any atom is -0.595 e. The van der Waals surface area contributed by atoms with Gasteiger partial charge in [0, 0.05) is 0 Å². The van der Waals surface area contributed by atoms with Gasteiger partial charge in [-0.25, -0.2) is 10.0 Å². The summed E-state index contributed by atoms with van der Waals surface area (Å²) < 4.78 is 4.82. The third-order valence-electron chi connectivity index (χ3n) is 2.25. The van der Waals surface area contributed by atoms with E-state index >= 15 is 0 Å². The van der Waals surface area contributed by atoms with Crippen molar-refractivity contribution in [3.63, 3.8) is 0 Å². The molecule has 1 aromatic heterocycles. The van der Waals surface area contributed by atoms with Crippen molar-refractivity contribution in [2.45, 2.75) is 6.92 Å². The number of rotatable bonds is 1. The molecule has 1 heterocycles. The van der Waals surface area contributed by atoms with Crippen LogP contribution < -0.4 is 10.9 Å². The molecule has 16 heavy (non-hydrogen) atoms. The molecule has 6 nitrogen and oxygen atoms in total. The van der Waals surface area contributed by atoms with Crippen LogP contribution in [0, 0.1) is 12.1 Å². The van der Waals surface area contributed by atoms with Crippen molar-refractivity contribution in [2.75, 3.05) is 0 Å². The van der Waals surface area contributed by atoms with Crippen LogP contribution in [0.1, 0.15) is 5.56 Å². The summed E-state index contributed by atoms with van der Waals surface area (Å²) in [4.78, 5) is 11.3. The van der Waals surface area contributed by atoms with E-state index in [0.717, 1.165) is 5.56 Å². The highest BCUT2D eigenvalue weighted by Crippen LogP contribution is 2.27. The van der Waals surface area contributed by atoms with E-state index in [4.69, 9.17) is 9.62 Å². The molecular formula is C10H9NO5. The Hall–Kier alpha value is -1.89. The van der Waals surface area contributed by atoms with Crippen LogP contribution in [0.15, 0.2) is 27.4 Å². The van der Waals surface area contributed by atoms with Gasteiger partial charge < -0.3 is 14.7 Å². The minimum atomic E-state index is -1.51. The molecular weight excluding hydrogens is 214 g/mol. The molecule has 1 atom stereocenters. The van der Waals surface area contributed by atoms with Crippen molar-refractivity contribution in [3.05, 3.63) is 39.4 Å². The first-order valence-corrected chi connectivity index (χ1v) is 4.50. The predicted octanol–water partition coefficient (Wildman–Crippen LogP) is 0.210. The van der Waals surface area contributed by atoms with Crippen molar-refractivity contribution in [3.8, 4) is 5.75 Å². The maximum atomic E-state index is 11.3. The fraction of sp³-hybridized carbons (Fsp3) is 0.100. The number of aromatic hydroxyl groups is 1. The SMILES string of the molecule is Cc1ccc2c(O)c([NH+]([O-])O)c(=O)oc2c1. The van der Waals surface area contributed by atoms with E-state index < -0.39 is 22.3 Å². The number of hydrogen-bond donors (Lipinski definition) is 3. The van der Waals surface area contributed by atoms with Crippen LogP contribution in [0.25, 0.3) is 11.0 Å². The van der Waals surface area contributed by atoms with E-state index in [1.54, 1.807) is 19.1 Å². The van der Waals surface area contributed by atoms with Crippen LogP contribution in [0.2, 0.25) is 0 Å². The number of quaternary nitrogens is 1. The molecule has 0 aliphatic carbocycles. The lowest BCUT2D eigenvalue weighted by Gasteiger charge is -2.12. The summed E-state index contributed by atoms with van der Waals surface area (Å²) >= 11 is 0. The average Bonchev–Trinajstić information content (AvgIpc) is 2.15. The second-order valence-corrected chi connectivity index (χ2v) is 3.42. The van der Waals surface area contributed by atoms with Crippen LogP contribution in [0.3, 0.4) is 0 Å². The molecule has 3 N–H and O–H groups in total. The second-order valence-electron chi connectivity index (χ2n) is 3.42. The zero-order valence-electron chi connectivity index (χ0n) is 8.35. The summed E-state index contributed by atoms with van der Waals surface area (Å²) in [7, 11) is 0. The lowest BCUT2D eigenvalue weighted by atomic mass is 10.1. The molecule has 2 aromatic rings. The van der Waals surface area contributed by atoms with Gasteiger partial charge >= 0.3 is 5.63 Å². The van der Waals surface area contributed by atoms with E-state index in [1.165, 1.54) is 6.07 Å². The van der Waals surface area contributed by atoms with Crippen molar-refractivity contribution in [1.82, 2.24) is 0 Å². The van der Waals surface area contributed by atoms with E-state index in [2.05, 4.69) is 0 Å². The highest BCUT2D eigenvalue weighted by Gasteiger charge is 2.19. The van der Waals surface area contributed by atoms with Gasteiger partial charge in [0.15, 0.2) is 5.75 Å². The monoisotopic (exact) mass is 223 g/mol. The Bertz CT molecular complexity index is 602.